The third-order valence-electron chi connectivity index (χ3n) is 4.78. The summed E-state index contributed by atoms with van der Waals surface area (Å²) < 4.78 is 11.6. The fourth-order valence-corrected chi connectivity index (χ4v) is 3.69. The Bertz CT molecular complexity index is 740. The molecule has 2 atom stereocenters. The largest absolute Gasteiger partial charge is 0.468 e. The van der Waals surface area contributed by atoms with Crippen LogP contribution < -0.4 is 5.32 Å². The van der Waals surface area contributed by atoms with Gasteiger partial charge in [0.2, 0.25) is 0 Å². The van der Waals surface area contributed by atoms with Crippen LogP contribution in [0.1, 0.15) is 24.3 Å². The van der Waals surface area contributed by atoms with Gasteiger partial charge in [-0.3, -0.25) is 4.90 Å². The molecule has 0 unspecified atom stereocenters. The molecule has 24 heavy (non-hydrogen) atoms. The number of likely N-dealkylation sites (tertiary alicyclic amines) is 1. The number of rotatable bonds is 4. The van der Waals surface area contributed by atoms with Crippen LogP contribution in [0.25, 0.3) is 0 Å². The van der Waals surface area contributed by atoms with Gasteiger partial charge in [0.05, 0.1) is 31.1 Å². The lowest BCUT2D eigenvalue weighted by atomic mass is 9.97. The Morgan fingerprint density at radius 2 is 2.33 bits per heavy atom. The van der Waals surface area contributed by atoms with Gasteiger partial charge in [-0.2, -0.15) is 5.26 Å². The van der Waals surface area contributed by atoms with E-state index in [1.54, 1.807) is 12.3 Å². The Balaban J connectivity index is 1.35. The number of nitrogens with zero attached hydrogens (tertiary/aromatic N) is 3. The Kier molecular flexibility index (Phi) is 3.97. The molecule has 0 radical (unpaired) electrons. The molecule has 0 saturated carbocycles. The van der Waals surface area contributed by atoms with Gasteiger partial charge in [0, 0.05) is 19.5 Å². The van der Waals surface area contributed by atoms with Gasteiger partial charge >= 0.3 is 0 Å². The maximum Gasteiger partial charge on any atom is 0.142 e. The molecule has 6 nitrogen and oxygen atoms in total. The van der Waals surface area contributed by atoms with E-state index in [-0.39, 0.29) is 11.6 Å². The highest BCUT2D eigenvalue weighted by atomic mass is 16.5. The monoisotopic (exact) mass is 324 g/mol. The molecule has 4 rings (SSSR count). The number of nitrogens with one attached hydrogen (secondary N) is 1. The van der Waals surface area contributed by atoms with Crippen molar-refractivity contribution in [3.05, 3.63) is 48.0 Å². The van der Waals surface area contributed by atoms with Crippen molar-refractivity contribution in [1.29, 1.82) is 5.26 Å². The molecule has 0 amide bonds. The first-order valence-electron chi connectivity index (χ1n) is 8.27. The predicted octanol–water partition coefficient (Wildman–Crippen LogP) is 2.39. The van der Waals surface area contributed by atoms with E-state index in [1.807, 2.05) is 24.3 Å². The van der Waals surface area contributed by atoms with E-state index < -0.39 is 0 Å². The lowest BCUT2D eigenvalue weighted by Gasteiger charge is -2.23. The second kappa shape index (κ2) is 6.27. The lowest BCUT2D eigenvalue weighted by molar-refractivity contribution is 0.0115. The molecule has 1 N–H and O–H groups in total. The summed E-state index contributed by atoms with van der Waals surface area (Å²) in [5.74, 6) is 1.74. The summed E-state index contributed by atoms with van der Waals surface area (Å²) in [6.45, 7) is 3.46. The number of hydrogen-bond acceptors (Lipinski definition) is 6. The summed E-state index contributed by atoms with van der Waals surface area (Å²) in [6, 6.07) is 11.7. The SMILES string of the molecule is N#Cc1cccc(N[C@H]2CO[C@@]3(CCN(Cc4ccco4)C3)C2)n1. The molecule has 2 aliphatic rings. The maximum absolute atomic E-state index is 8.95. The summed E-state index contributed by atoms with van der Waals surface area (Å²) in [4.78, 5) is 6.67. The van der Waals surface area contributed by atoms with E-state index in [1.165, 1.54) is 0 Å². The van der Waals surface area contributed by atoms with Gasteiger partial charge in [0.1, 0.15) is 23.3 Å². The molecule has 2 saturated heterocycles. The van der Waals surface area contributed by atoms with Crippen molar-refractivity contribution in [2.75, 3.05) is 25.0 Å². The molecule has 0 bridgehead atoms. The second-order valence-electron chi connectivity index (χ2n) is 6.60. The summed E-state index contributed by atoms with van der Waals surface area (Å²) in [5, 5.41) is 12.3. The Hall–Kier alpha value is -2.36. The fourth-order valence-electron chi connectivity index (χ4n) is 3.69. The predicted molar refractivity (Wildman–Crippen MR) is 88.3 cm³/mol. The molecular formula is C18H20N4O2. The number of hydrogen-bond donors (Lipinski definition) is 1. The standard InChI is InChI=1S/C18H20N4O2/c19-10-14-3-1-5-17(20-14)21-15-9-18(24-12-15)6-7-22(13-18)11-16-4-2-8-23-16/h1-5,8,15H,6-7,9,11-13H2,(H,20,21)/t15-,18+/m1/s1. The average molecular weight is 324 g/mol. The molecule has 2 aromatic heterocycles. The number of nitriles is 1. The van der Waals surface area contributed by atoms with E-state index >= 15 is 0 Å². The van der Waals surface area contributed by atoms with Gasteiger partial charge in [-0.05, 0) is 30.7 Å². The number of ether oxygens (including phenoxy) is 1. The number of anilines is 1. The van der Waals surface area contributed by atoms with Gasteiger partial charge < -0.3 is 14.5 Å². The zero-order valence-electron chi connectivity index (χ0n) is 13.4. The summed E-state index contributed by atoms with van der Waals surface area (Å²) in [5.41, 5.74) is 0.357. The van der Waals surface area contributed by atoms with Crippen molar-refractivity contribution < 1.29 is 9.15 Å². The first-order valence-corrected chi connectivity index (χ1v) is 8.27. The van der Waals surface area contributed by atoms with Crippen molar-refractivity contribution in [3.63, 3.8) is 0 Å². The zero-order chi connectivity index (χ0) is 16.4. The minimum absolute atomic E-state index is 0.0723. The Morgan fingerprint density at radius 1 is 1.38 bits per heavy atom. The van der Waals surface area contributed by atoms with Gasteiger partial charge in [-0.1, -0.05) is 6.07 Å². The highest BCUT2D eigenvalue weighted by Crippen LogP contribution is 2.36. The molecule has 0 aliphatic carbocycles. The van der Waals surface area contributed by atoms with Crippen LogP contribution in [0.5, 0.6) is 0 Å². The first kappa shape index (κ1) is 15.2. The van der Waals surface area contributed by atoms with Crippen LogP contribution >= 0.6 is 0 Å². The van der Waals surface area contributed by atoms with Crippen LogP contribution in [-0.4, -0.2) is 41.2 Å². The minimum atomic E-state index is -0.0723. The molecule has 0 aromatic carbocycles. The Labute approximate surface area is 141 Å². The van der Waals surface area contributed by atoms with E-state index in [0.29, 0.717) is 12.3 Å². The van der Waals surface area contributed by atoms with Crippen LogP contribution in [0.15, 0.2) is 41.0 Å². The number of pyridine rings is 1. The molecule has 2 aromatic rings. The maximum atomic E-state index is 8.95. The highest BCUT2D eigenvalue weighted by Gasteiger charge is 2.45. The van der Waals surface area contributed by atoms with Crippen LogP contribution in [0.4, 0.5) is 5.82 Å². The molecule has 2 aliphatic heterocycles. The molecule has 6 heteroatoms. The zero-order valence-corrected chi connectivity index (χ0v) is 13.4. The second-order valence-corrected chi connectivity index (χ2v) is 6.60. The van der Waals surface area contributed by atoms with E-state index in [4.69, 9.17) is 14.4 Å². The van der Waals surface area contributed by atoms with Crippen molar-refractivity contribution in [2.45, 2.75) is 31.0 Å². The van der Waals surface area contributed by atoms with Crippen molar-refractivity contribution >= 4 is 5.82 Å². The van der Waals surface area contributed by atoms with Gasteiger partial charge in [0.15, 0.2) is 0 Å². The average Bonchev–Trinajstić information content (AvgIpc) is 3.32. The third kappa shape index (κ3) is 3.14. The first-order chi connectivity index (χ1) is 11.7. The summed E-state index contributed by atoms with van der Waals surface area (Å²) in [6.07, 6.45) is 3.72. The Morgan fingerprint density at radius 3 is 3.17 bits per heavy atom. The van der Waals surface area contributed by atoms with Crippen molar-refractivity contribution in [3.8, 4) is 6.07 Å². The molecular weight excluding hydrogens is 304 g/mol. The summed E-state index contributed by atoms with van der Waals surface area (Å²) in [7, 11) is 0. The van der Waals surface area contributed by atoms with Gasteiger partial charge in [-0.25, -0.2) is 4.98 Å². The van der Waals surface area contributed by atoms with Gasteiger partial charge in [0.25, 0.3) is 0 Å². The molecule has 2 fully saturated rings. The van der Waals surface area contributed by atoms with Crippen LogP contribution in [0.2, 0.25) is 0 Å². The quantitative estimate of drug-likeness (QED) is 0.931. The van der Waals surface area contributed by atoms with E-state index in [9.17, 15) is 0 Å². The third-order valence-corrected chi connectivity index (χ3v) is 4.78. The van der Waals surface area contributed by atoms with Crippen LogP contribution in [-0.2, 0) is 11.3 Å². The highest BCUT2D eigenvalue weighted by molar-refractivity contribution is 5.39. The normalized spacial score (nSPS) is 26.7. The summed E-state index contributed by atoms with van der Waals surface area (Å²) >= 11 is 0. The van der Waals surface area contributed by atoms with Crippen LogP contribution in [0.3, 0.4) is 0 Å². The van der Waals surface area contributed by atoms with E-state index in [2.05, 4.69) is 21.3 Å². The van der Waals surface area contributed by atoms with Gasteiger partial charge in [-0.15, -0.1) is 0 Å². The fraction of sp³-hybridized carbons (Fsp3) is 0.444. The van der Waals surface area contributed by atoms with Crippen molar-refractivity contribution in [1.82, 2.24) is 9.88 Å². The molecule has 4 heterocycles. The smallest absolute Gasteiger partial charge is 0.142 e. The molecule has 124 valence electrons. The van der Waals surface area contributed by atoms with E-state index in [0.717, 1.165) is 44.1 Å². The molecule has 1 spiro atoms. The lowest BCUT2D eigenvalue weighted by Crippen LogP contribution is -2.33. The number of furan rings is 1. The minimum Gasteiger partial charge on any atom is -0.468 e. The number of aromatic nitrogens is 1. The van der Waals surface area contributed by atoms with Crippen LogP contribution in [0, 0.1) is 11.3 Å². The van der Waals surface area contributed by atoms with Crippen molar-refractivity contribution in [2.24, 2.45) is 0 Å². The topological polar surface area (TPSA) is 74.3 Å².